The van der Waals surface area contributed by atoms with Gasteiger partial charge in [0.25, 0.3) is 0 Å². The Balaban J connectivity index is 1.82. The summed E-state index contributed by atoms with van der Waals surface area (Å²) in [6.45, 7) is 0.865. The molecular formula is C17H14ClI2N2O-. The third-order valence-corrected chi connectivity index (χ3v) is 11.8. The predicted octanol–water partition coefficient (Wildman–Crippen LogP) is 1.20. The number of rotatable bonds is 4. The average Bonchev–Trinajstić information content (AvgIpc) is 2.57. The standard InChI is InChI=1S/C17H14ClI2N2O/c18-14-6-7-16(21)15(8-14)17(23)13-9-19-20-22(11-13)10-12-4-2-1-3-5-12/h1-9,11H,10,21H2/q-1. The summed E-state index contributed by atoms with van der Waals surface area (Å²) < 4.78 is 4.44. The van der Waals surface area contributed by atoms with E-state index in [9.17, 15) is 4.79 Å². The second kappa shape index (κ2) is 7.76. The van der Waals surface area contributed by atoms with Gasteiger partial charge in [-0.15, -0.1) is 0 Å². The summed E-state index contributed by atoms with van der Waals surface area (Å²) in [6, 6.07) is 15.4. The van der Waals surface area contributed by atoms with Crippen LogP contribution in [0.5, 0.6) is 0 Å². The number of hydrogen-bond acceptors (Lipinski definition) is 3. The maximum atomic E-state index is 12.7. The summed E-state index contributed by atoms with van der Waals surface area (Å²) in [7, 11) is 0. The van der Waals surface area contributed by atoms with Crippen LogP contribution in [0, 0.1) is 0 Å². The van der Waals surface area contributed by atoms with Gasteiger partial charge in [-0.1, -0.05) is 0 Å². The zero-order chi connectivity index (χ0) is 16.2. The molecule has 0 spiro atoms. The number of ketones is 1. The van der Waals surface area contributed by atoms with Gasteiger partial charge in [-0.3, -0.25) is 0 Å². The molecule has 0 saturated carbocycles. The van der Waals surface area contributed by atoms with Crippen LogP contribution in [0.4, 0.5) is 5.69 Å². The number of halogens is 3. The van der Waals surface area contributed by atoms with E-state index in [0.29, 0.717) is 16.3 Å². The van der Waals surface area contributed by atoms with Gasteiger partial charge in [0.15, 0.2) is 0 Å². The van der Waals surface area contributed by atoms with Crippen LogP contribution in [0.25, 0.3) is 0 Å². The number of hydrogen-bond donors (Lipinski definition) is 1. The quantitative estimate of drug-likeness (QED) is 0.269. The minimum absolute atomic E-state index is 0.0123. The molecule has 3 nitrogen and oxygen atoms in total. The van der Waals surface area contributed by atoms with Gasteiger partial charge in [-0.25, -0.2) is 0 Å². The van der Waals surface area contributed by atoms with E-state index >= 15 is 0 Å². The molecule has 2 N–H and O–H groups in total. The third kappa shape index (κ3) is 4.33. The van der Waals surface area contributed by atoms with Gasteiger partial charge in [-0.2, -0.15) is 0 Å². The van der Waals surface area contributed by atoms with Crippen LogP contribution in [-0.4, -0.2) is 12.9 Å². The van der Waals surface area contributed by atoms with Crippen LogP contribution in [-0.2, 0) is 6.54 Å². The minimum atomic E-state index is -0.0593. The first-order chi connectivity index (χ1) is 11.1. The van der Waals surface area contributed by atoms with E-state index in [2.05, 4.69) is 19.3 Å². The monoisotopic (exact) mass is 551 g/mol. The van der Waals surface area contributed by atoms with E-state index in [1.165, 1.54) is 5.56 Å². The van der Waals surface area contributed by atoms with Gasteiger partial charge < -0.3 is 0 Å². The fourth-order valence-electron chi connectivity index (χ4n) is 2.12. The second-order valence-corrected chi connectivity index (χ2v) is 13.7. The molecule has 0 aromatic heterocycles. The number of anilines is 1. The molecule has 0 radical (unpaired) electrons. The Morgan fingerprint density at radius 3 is 2.78 bits per heavy atom. The molecule has 0 fully saturated rings. The van der Waals surface area contributed by atoms with Crippen molar-refractivity contribution in [3.63, 3.8) is 0 Å². The first-order valence-corrected chi connectivity index (χ1v) is 15.7. The Hall–Kier alpha value is -0.930. The zero-order valence-corrected chi connectivity index (χ0v) is 17.1. The molecule has 3 rings (SSSR count). The summed E-state index contributed by atoms with van der Waals surface area (Å²) in [6.07, 6.45) is 1.99. The molecule has 1 heterocycles. The number of benzene rings is 2. The van der Waals surface area contributed by atoms with Crippen LogP contribution < -0.4 is 23.2 Å². The Labute approximate surface area is 156 Å². The van der Waals surface area contributed by atoms with Crippen LogP contribution >= 0.6 is 28.4 Å². The molecule has 2 aromatic carbocycles. The summed E-state index contributed by atoms with van der Waals surface area (Å²) in [5, 5.41) is 0.530. The van der Waals surface area contributed by atoms with E-state index in [1.807, 2.05) is 24.4 Å². The Morgan fingerprint density at radius 1 is 1.22 bits per heavy atom. The van der Waals surface area contributed by atoms with Gasteiger partial charge in [-0.05, 0) is 0 Å². The molecule has 0 saturated heterocycles. The van der Waals surface area contributed by atoms with Gasteiger partial charge >= 0.3 is 158 Å². The van der Waals surface area contributed by atoms with Gasteiger partial charge in [0.1, 0.15) is 0 Å². The van der Waals surface area contributed by atoms with Crippen LogP contribution in [0.3, 0.4) is 0 Å². The molecule has 0 amide bonds. The molecule has 0 bridgehead atoms. The van der Waals surface area contributed by atoms with Crippen molar-refractivity contribution in [1.29, 1.82) is 0 Å². The van der Waals surface area contributed by atoms with Gasteiger partial charge in [0.05, 0.1) is 0 Å². The second-order valence-electron chi connectivity index (χ2n) is 4.94. The molecule has 2 aromatic rings. The topological polar surface area (TPSA) is 46.3 Å². The fourth-order valence-corrected chi connectivity index (χ4v) is 10.1. The van der Waals surface area contributed by atoms with Gasteiger partial charge in [0, 0.05) is 0 Å². The van der Waals surface area contributed by atoms with E-state index in [4.69, 9.17) is 17.3 Å². The number of carbonyl (C=O) groups is 1. The van der Waals surface area contributed by atoms with Crippen molar-refractivity contribution in [2.75, 3.05) is 5.73 Å². The molecule has 6 heteroatoms. The summed E-state index contributed by atoms with van der Waals surface area (Å²) in [4.78, 5) is 12.7. The van der Waals surface area contributed by atoms with E-state index in [-0.39, 0.29) is 40.0 Å². The first-order valence-electron chi connectivity index (χ1n) is 6.87. The van der Waals surface area contributed by atoms with Crippen LogP contribution in [0.15, 0.2) is 60.3 Å². The number of nitrogens with zero attached hydrogens (tertiary/aromatic N) is 1. The van der Waals surface area contributed by atoms with Crippen molar-refractivity contribution in [1.82, 2.24) is 3.11 Å². The van der Waals surface area contributed by atoms with Crippen LogP contribution in [0.1, 0.15) is 15.9 Å². The normalized spacial score (nSPS) is 14.5. The summed E-state index contributed by atoms with van der Waals surface area (Å²) in [5.41, 5.74) is 8.91. The van der Waals surface area contributed by atoms with Crippen molar-refractivity contribution in [2.45, 2.75) is 6.54 Å². The van der Waals surface area contributed by atoms with Crippen molar-refractivity contribution in [3.05, 3.63) is 76.5 Å². The fraction of sp³-hybridized carbons (Fsp3) is 0.0588. The Morgan fingerprint density at radius 2 is 2.00 bits per heavy atom. The predicted molar refractivity (Wildman–Crippen MR) is 100 cm³/mol. The molecule has 1 aliphatic rings. The first kappa shape index (κ1) is 16.9. The molecule has 23 heavy (non-hydrogen) atoms. The number of allylic oxidation sites excluding steroid dienone is 1. The number of carbonyl (C=O) groups excluding carboxylic acids is 1. The molecule has 0 aliphatic carbocycles. The third-order valence-electron chi connectivity index (χ3n) is 3.26. The molecular weight excluding hydrogens is 537 g/mol. The van der Waals surface area contributed by atoms with Crippen molar-refractivity contribution in [2.24, 2.45) is 0 Å². The Bertz CT molecular complexity index is 790. The van der Waals surface area contributed by atoms with Crippen molar-refractivity contribution < 1.29 is 22.3 Å². The number of nitrogen functional groups attached to an aromatic ring is 1. The van der Waals surface area contributed by atoms with Crippen molar-refractivity contribution >= 4 is 43.8 Å². The molecule has 120 valence electrons. The van der Waals surface area contributed by atoms with Crippen molar-refractivity contribution in [3.8, 4) is 0 Å². The number of nitrogens with two attached hydrogens (primary N) is 1. The van der Waals surface area contributed by atoms with E-state index in [1.54, 1.807) is 18.2 Å². The molecule has 1 aliphatic heterocycles. The molecule has 0 unspecified atom stereocenters. The zero-order valence-electron chi connectivity index (χ0n) is 12.0. The van der Waals surface area contributed by atoms with E-state index in [0.717, 1.165) is 12.1 Å². The summed E-state index contributed by atoms with van der Waals surface area (Å²) in [5.74, 6) is -0.0357. The maximum absolute atomic E-state index is 12.7. The SMILES string of the molecule is Nc1ccc(Cl)cc1C(=O)C1=CN(Cc2ccccc2)[I-]I=C1. The average molecular weight is 552 g/mol. The van der Waals surface area contributed by atoms with E-state index < -0.39 is 0 Å². The molecule has 0 atom stereocenters. The van der Waals surface area contributed by atoms with Crippen LogP contribution in [0.2, 0.25) is 5.02 Å². The number of Topliss-reactive ketones (excluding diaryl/α,β-unsaturated/α-hetero) is 1. The van der Waals surface area contributed by atoms with Gasteiger partial charge in [0.2, 0.25) is 0 Å². The summed E-state index contributed by atoms with van der Waals surface area (Å²) >= 11 is 5.93. The Kier molecular flexibility index (Phi) is 5.71.